The zero-order chi connectivity index (χ0) is 14.5. The van der Waals surface area contributed by atoms with Gasteiger partial charge in [0.2, 0.25) is 0 Å². The highest BCUT2D eigenvalue weighted by Gasteiger charge is 2.26. The van der Waals surface area contributed by atoms with E-state index in [1.54, 1.807) is 13.8 Å². The molecule has 0 aliphatic rings. The minimum atomic E-state index is -0.747. The zero-order valence-corrected chi connectivity index (χ0v) is 12.2. The number of rotatable bonds is 7. The third-order valence-corrected chi connectivity index (χ3v) is 3.29. The number of nitrogens with zero attached hydrogens (tertiary/aromatic N) is 1. The molecule has 0 atom stereocenters. The molecule has 1 aromatic rings. The molecular formula is C15H24N2O2. The number of benzene rings is 1. The van der Waals surface area contributed by atoms with Crippen LogP contribution in [0.1, 0.15) is 25.8 Å². The van der Waals surface area contributed by atoms with Crippen molar-refractivity contribution < 1.29 is 9.90 Å². The first-order valence-electron chi connectivity index (χ1n) is 6.54. The fourth-order valence-electron chi connectivity index (χ4n) is 1.83. The molecule has 106 valence electrons. The molecule has 19 heavy (non-hydrogen) atoms. The van der Waals surface area contributed by atoms with Crippen LogP contribution in [-0.2, 0) is 11.3 Å². The third-order valence-electron chi connectivity index (χ3n) is 3.29. The van der Waals surface area contributed by atoms with Crippen molar-refractivity contribution in [2.75, 3.05) is 25.5 Å². The second-order valence-corrected chi connectivity index (χ2v) is 5.64. The molecule has 0 aliphatic carbocycles. The number of hydrogen-bond acceptors (Lipinski definition) is 3. The Morgan fingerprint density at radius 3 is 2.53 bits per heavy atom. The van der Waals surface area contributed by atoms with Gasteiger partial charge in [-0.05, 0) is 38.4 Å². The average Bonchev–Trinajstić information content (AvgIpc) is 2.34. The Kier molecular flexibility index (Phi) is 5.36. The molecule has 0 saturated heterocycles. The SMILES string of the molecule is CN(C)c1ccccc1CNCCC(C)(C)C(=O)O. The summed E-state index contributed by atoms with van der Waals surface area (Å²) in [7, 11) is 4.04. The molecule has 0 spiro atoms. The van der Waals surface area contributed by atoms with E-state index in [2.05, 4.69) is 22.3 Å². The van der Waals surface area contributed by atoms with Gasteiger partial charge in [0.25, 0.3) is 0 Å². The van der Waals surface area contributed by atoms with Crippen LogP contribution < -0.4 is 10.2 Å². The second-order valence-electron chi connectivity index (χ2n) is 5.64. The Labute approximate surface area is 115 Å². The Bertz CT molecular complexity index is 428. The van der Waals surface area contributed by atoms with Gasteiger partial charge in [0, 0.05) is 26.3 Å². The van der Waals surface area contributed by atoms with Gasteiger partial charge in [-0.2, -0.15) is 0 Å². The lowest BCUT2D eigenvalue weighted by atomic mass is 9.90. The van der Waals surface area contributed by atoms with E-state index >= 15 is 0 Å². The van der Waals surface area contributed by atoms with Gasteiger partial charge < -0.3 is 15.3 Å². The highest BCUT2D eigenvalue weighted by Crippen LogP contribution is 2.20. The smallest absolute Gasteiger partial charge is 0.309 e. The Balaban J connectivity index is 2.48. The van der Waals surface area contributed by atoms with Gasteiger partial charge in [0.15, 0.2) is 0 Å². The molecule has 4 heteroatoms. The van der Waals surface area contributed by atoms with Crippen LogP contribution in [0.4, 0.5) is 5.69 Å². The van der Waals surface area contributed by atoms with Gasteiger partial charge in [-0.3, -0.25) is 4.79 Å². The topological polar surface area (TPSA) is 52.6 Å². The molecule has 0 amide bonds. The van der Waals surface area contributed by atoms with Crippen molar-refractivity contribution in [3.05, 3.63) is 29.8 Å². The quantitative estimate of drug-likeness (QED) is 0.742. The van der Waals surface area contributed by atoms with E-state index in [9.17, 15) is 4.79 Å². The van der Waals surface area contributed by atoms with Crippen LogP contribution in [0.5, 0.6) is 0 Å². The number of hydrogen-bond donors (Lipinski definition) is 2. The fourth-order valence-corrected chi connectivity index (χ4v) is 1.83. The predicted octanol–water partition coefficient (Wildman–Crippen LogP) is 2.34. The summed E-state index contributed by atoms with van der Waals surface area (Å²) in [5.41, 5.74) is 1.74. The van der Waals surface area contributed by atoms with Crippen LogP contribution in [0.2, 0.25) is 0 Å². The molecule has 0 aliphatic heterocycles. The van der Waals surface area contributed by atoms with E-state index in [4.69, 9.17) is 5.11 Å². The number of carboxylic acids is 1. The van der Waals surface area contributed by atoms with Crippen molar-refractivity contribution in [2.45, 2.75) is 26.8 Å². The highest BCUT2D eigenvalue weighted by atomic mass is 16.4. The van der Waals surface area contributed by atoms with Crippen molar-refractivity contribution in [2.24, 2.45) is 5.41 Å². The van der Waals surface area contributed by atoms with Gasteiger partial charge in [-0.15, -0.1) is 0 Å². The monoisotopic (exact) mass is 264 g/mol. The third kappa shape index (κ3) is 4.56. The maximum atomic E-state index is 11.0. The summed E-state index contributed by atoms with van der Waals surface area (Å²) >= 11 is 0. The van der Waals surface area contributed by atoms with Gasteiger partial charge >= 0.3 is 5.97 Å². The minimum Gasteiger partial charge on any atom is -0.481 e. The van der Waals surface area contributed by atoms with Crippen LogP contribution >= 0.6 is 0 Å². The summed E-state index contributed by atoms with van der Waals surface area (Å²) in [6.45, 7) is 4.96. The van der Waals surface area contributed by atoms with Gasteiger partial charge in [0.05, 0.1) is 5.41 Å². The van der Waals surface area contributed by atoms with Crippen molar-refractivity contribution >= 4 is 11.7 Å². The summed E-state index contributed by atoms with van der Waals surface area (Å²) in [5, 5.41) is 12.4. The molecule has 0 bridgehead atoms. The first kappa shape index (κ1) is 15.5. The highest BCUT2D eigenvalue weighted by molar-refractivity contribution is 5.73. The van der Waals surface area contributed by atoms with Gasteiger partial charge in [0.1, 0.15) is 0 Å². The fraction of sp³-hybridized carbons (Fsp3) is 0.533. The summed E-state index contributed by atoms with van der Waals surface area (Å²) < 4.78 is 0. The number of aliphatic carboxylic acids is 1. The van der Waals surface area contributed by atoms with E-state index in [-0.39, 0.29) is 0 Å². The lowest BCUT2D eigenvalue weighted by Gasteiger charge is -2.20. The minimum absolute atomic E-state index is 0.618. The lowest BCUT2D eigenvalue weighted by Crippen LogP contribution is -2.29. The Hall–Kier alpha value is -1.55. The molecule has 1 rings (SSSR count). The average molecular weight is 264 g/mol. The van der Waals surface area contributed by atoms with E-state index in [0.29, 0.717) is 13.0 Å². The molecule has 2 N–H and O–H groups in total. The van der Waals surface area contributed by atoms with Crippen LogP contribution in [0.3, 0.4) is 0 Å². The summed E-state index contributed by atoms with van der Waals surface area (Å²) in [6.07, 6.45) is 0.618. The lowest BCUT2D eigenvalue weighted by molar-refractivity contribution is -0.147. The number of anilines is 1. The van der Waals surface area contributed by atoms with Crippen molar-refractivity contribution in [3.63, 3.8) is 0 Å². The normalized spacial score (nSPS) is 11.4. The first-order valence-corrected chi connectivity index (χ1v) is 6.54. The van der Waals surface area contributed by atoms with E-state index < -0.39 is 11.4 Å². The Morgan fingerprint density at radius 2 is 1.95 bits per heavy atom. The Morgan fingerprint density at radius 1 is 1.32 bits per heavy atom. The number of carbonyl (C=O) groups is 1. The van der Waals surface area contributed by atoms with E-state index in [0.717, 1.165) is 6.54 Å². The first-order chi connectivity index (χ1) is 8.84. The van der Waals surface area contributed by atoms with Crippen LogP contribution in [0.25, 0.3) is 0 Å². The molecule has 0 unspecified atom stereocenters. The second kappa shape index (κ2) is 6.57. The van der Waals surface area contributed by atoms with Crippen LogP contribution in [-0.4, -0.2) is 31.7 Å². The summed E-state index contributed by atoms with van der Waals surface area (Å²) in [6, 6.07) is 8.21. The molecule has 0 aromatic heterocycles. The standard InChI is InChI=1S/C15H24N2O2/c1-15(2,14(18)19)9-10-16-11-12-7-5-6-8-13(12)17(3)4/h5-8,16H,9-11H2,1-4H3,(H,18,19). The molecule has 1 aromatic carbocycles. The molecule has 4 nitrogen and oxygen atoms in total. The van der Waals surface area contributed by atoms with E-state index in [1.165, 1.54) is 11.3 Å². The van der Waals surface area contributed by atoms with Crippen molar-refractivity contribution in [1.82, 2.24) is 5.32 Å². The van der Waals surface area contributed by atoms with Gasteiger partial charge in [-0.1, -0.05) is 18.2 Å². The summed E-state index contributed by atoms with van der Waals surface area (Å²) in [4.78, 5) is 13.1. The molecule has 0 fully saturated rings. The predicted molar refractivity (Wildman–Crippen MR) is 78.5 cm³/mol. The van der Waals surface area contributed by atoms with Crippen LogP contribution in [0.15, 0.2) is 24.3 Å². The van der Waals surface area contributed by atoms with Crippen molar-refractivity contribution in [1.29, 1.82) is 0 Å². The molecular weight excluding hydrogens is 240 g/mol. The van der Waals surface area contributed by atoms with Gasteiger partial charge in [-0.25, -0.2) is 0 Å². The molecule has 0 radical (unpaired) electrons. The number of nitrogens with one attached hydrogen (secondary N) is 1. The van der Waals surface area contributed by atoms with E-state index in [1.807, 2.05) is 26.2 Å². The summed E-state index contributed by atoms with van der Waals surface area (Å²) in [5.74, 6) is -0.747. The maximum Gasteiger partial charge on any atom is 0.309 e. The molecule has 0 heterocycles. The number of para-hydroxylation sites is 1. The van der Waals surface area contributed by atoms with Crippen molar-refractivity contribution in [3.8, 4) is 0 Å². The molecule has 0 saturated carbocycles. The maximum absolute atomic E-state index is 11.0. The largest absolute Gasteiger partial charge is 0.481 e. The number of carboxylic acid groups (broad SMARTS) is 1. The zero-order valence-electron chi connectivity index (χ0n) is 12.2. The van der Waals surface area contributed by atoms with Crippen LogP contribution in [0, 0.1) is 5.41 Å².